The minimum Gasteiger partial charge on any atom is -0.404 e. The van der Waals surface area contributed by atoms with Gasteiger partial charge in [0, 0.05) is 0 Å². The molecule has 5 rings (SSSR count). The summed E-state index contributed by atoms with van der Waals surface area (Å²) in [5.41, 5.74) is -1.95. The number of benzene rings is 1. The molecule has 0 bridgehead atoms. The van der Waals surface area contributed by atoms with Crippen LogP contribution in [0.15, 0.2) is 42.6 Å². The Morgan fingerprint density at radius 2 is 1.86 bits per heavy atom. The monoisotopic (exact) mass is 496 g/mol. The first-order valence-corrected chi connectivity index (χ1v) is 11.3. The average molecular weight is 496 g/mol. The number of anilines is 1. The zero-order valence-corrected chi connectivity index (χ0v) is 19.3. The molecule has 2 aliphatic carbocycles. The summed E-state index contributed by atoms with van der Waals surface area (Å²) >= 11 is 0. The predicted molar refractivity (Wildman–Crippen MR) is 117 cm³/mol. The normalized spacial score (nSPS) is 27.5. The van der Waals surface area contributed by atoms with Crippen molar-refractivity contribution in [1.82, 2.24) is 14.8 Å². The van der Waals surface area contributed by atoms with Crippen LogP contribution < -0.4 is 9.64 Å². The number of alkyl halides is 4. The Labute approximate surface area is 199 Å². The van der Waals surface area contributed by atoms with Gasteiger partial charge in [-0.2, -0.15) is 0 Å². The maximum Gasteiger partial charge on any atom is 0.573 e. The number of nitrogens with zero attached hydrogens (tertiary/aromatic N) is 4. The number of halogens is 5. The highest BCUT2D eigenvalue weighted by atomic mass is 19.4. The van der Waals surface area contributed by atoms with Gasteiger partial charge in [0.1, 0.15) is 23.1 Å². The molecule has 1 aromatic heterocycles. The molecule has 6 nitrogen and oxygen atoms in total. The van der Waals surface area contributed by atoms with E-state index in [1.54, 1.807) is 11.0 Å². The summed E-state index contributed by atoms with van der Waals surface area (Å²) in [7, 11) is 3.77. The third-order valence-corrected chi connectivity index (χ3v) is 7.41. The maximum absolute atomic E-state index is 14.9. The highest BCUT2D eigenvalue weighted by Crippen LogP contribution is 2.58. The molecule has 0 unspecified atom stereocenters. The van der Waals surface area contributed by atoms with Gasteiger partial charge < -0.3 is 9.64 Å². The second kappa shape index (κ2) is 7.78. The molecule has 1 saturated heterocycles. The molecule has 188 valence electrons. The molecule has 3 fully saturated rings. The molecule has 11 heteroatoms. The zero-order valence-electron chi connectivity index (χ0n) is 19.3. The number of rotatable bonds is 6. The average Bonchev–Trinajstić information content (AvgIpc) is 3.41. The number of carbonyl (C=O) groups excluding carboxylic acids is 1. The van der Waals surface area contributed by atoms with Gasteiger partial charge in [-0.1, -0.05) is 12.1 Å². The summed E-state index contributed by atoms with van der Waals surface area (Å²) < 4.78 is 70.3. The highest BCUT2D eigenvalue weighted by Gasteiger charge is 2.66. The van der Waals surface area contributed by atoms with Gasteiger partial charge in [-0.3, -0.25) is 9.80 Å². The first kappa shape index (κ1) is 23.8. The maximum atomic E-state index is 14.9. The largest absolute Gasteiger partial charge is 0.573 e. The molecule has 1 aromatic carbocycles. The molecule has 3 aliphatic rings. The molecule has 2 saturated carbocycles. The lowest BCUT2D eigenvalue weighted by Crippen LogP contribution is -2.68. The van der Waals surface area contributed by atoms with Crippen LogP contribution in [-0.4, -0.2) is 65.6 Å². The molecular formula is C24H25F5N4O2. The van der Waals surface area contributed by atoms with E-state index in [1.165, 1.54) is 23.1 Å². The molecule has 1 aliphatic heterocycles. The fourth-order valence-electron chi connectivity index (χ4n) is 5.41. The van der Waals surface area contributed by atoms with Gasteiger partial charge >= 0.3 is 12.4 Å². The molecular weight excluding hydrogens is 471 g/mol. The summed E-state index contributed by atoms with van der Waals surface area (Å²) in [5, 5.41) is 0. The van der Waals surface area contributed by atoms with Crippen LogP contribution in [0.4, 0.5) is 32.6 Å². The van der Waals surface area contributed by atoms with Crippen LogP contribution in [0, 0.1) is 5.82 Å². The molecule has 0 atom stereocenters. The van der Waals surface area contributed by atoms with E-state index in [-0.39, 0.29) is 24.7 Å². The smallest absolute Gasteiger partial charge is 0.404 e. The minimum atomic E-state index is -4.86. The Balaban J connectivity index is 1.45. The Morgan fingerprint density at radius 3 is 2.40 bits per heavy atom. The summed E-state index contributed by atoms with van der Waals surface area (Å²) in [6.45, 7) is 0.129. The van der Waals surface area contributed by atoms with Gasteiger partial charge in [0.2, 0.25) is 0 Å². The first-order chi connectivity index (χ1) is 16.3. The Hall–Kier alpha value is -2.95. The van der Waals surface area contributed by atoms with Crippen LogP contribution >= 0.6 is 0 Å². The fraction of sp³-hybridized carbons (Fsp3) is 0.500. The lowest BCUT2D eigenvalue weighted by atomic mass is 9.58. The lowest BCUT2D eigenvalue weighted by molar-refractivity contribution is -0.274. The lowest BCUT2D eigenvalue weighted by Gasteiger charge is -2.60. The summed E-state index contributed by atoms with van der Waals surface area (Å²) in [6.07, 6.45) is -2.31. The Morgan fingerprint density at radius 1 is 1.14 bits per heavy atom. The number of pyridine rings is 1. The standard InChI is InChI=1S/C24H25F5N4O2/c1-31(2)23(16-4-3-5-17(25)10-16)12-22(13-23)15-32(20(34)33(22)14-21(26)8-9-21)19-7-6-18(11-30-19)35-24(27,28)29/h3-7,10-11H,8-9,12-15H2,1-2H3/t22-,23+. The molecule has 35 heavy (non-hydrogen) atoms. The number of hydrogen-bond donors (Lipinski definition) is 0. The third-order valence-electron chi connectivity index (χ3n) is 7.41. The highest BCUT2D eigenvalue weighted by molar-refractivity contribution is 5.95. The first-order valence-electron chi connectivity index (χ1n) is 11.3. The number of carbonyl (C=O) groups is 1. The van der Waals surface area contributed by atoms with E-state index in [0.29, 0.717) is 25.7 Å². The number of ether oxygens (including phenoxy) is 1. The van der Waals surface area contributed by atoms with Crippen molar-refractivity contribution >= 4 is 11.8 Å². The van der Waals surface area contributed by atoms with E-state index in [2.05, 4.69) is 9.72 Å². The second-order valence-electron chi connectivity index (χ2n) is 10.0. The predicted octanol–water partition coefficient (Wildman–Crippen LogP) is 4.85. The quantitative estimate of drug-likeness (QED) is 0.537. The summed E-state index contributed by atoms with van der Waals surface area (Å²) in [6, 6.07) is 8.25. The van der Waals surface area contributed by atoms with E-state index in [1.807, 2.05) is 25.1 Å². The summed E-state index contributed by atoms with van der Waals surface area (Å²) in [5.74, 6) is -0.707. The van der Waals surface area contributed by atoms with Crippen molar-refractivity contribution in [3.8, 4) is 5.75 Å². The minimum absolute atomic E-state index is 0.0652. The van der Waals surface area contributed by atoms with Gasteiger partial charge in [-0.15, -0.1) is 13.2 Å². The van der Waals surface area contributed by atoms with Crippen molar-refractivity contribution in [2.75, 3.05) is 32.1 Å². The Bertz CT molecular complexity index is 1130. The van der Waals surface area contributed by atoms with Crippen molar-refractivity contribution in [3.63, 3.8) is 0 Å². The van der Waals surface area contributed by atoms with E-state index in [9.17, 15) is 26.7 Å². The van der Waals surface area contributed by atoms with Crippen molar-refractivity contribution in [2.24, 2.45) is 0 Å². The van der Waals surface area contributed by atoms with Crippen LogP contribution in [0.2, 0.25) is 0 Å². The van der Waals surface area contributed by atoms with Crippen molar-refractivity contribution < 1.29 is 31.5 Å². The molecule has 2 aromatic rings. The van der Waals surface area contributed by atoms with E-state index in [4.69, 9.17) is 0 Å². The topological polar surface area (TPSA) is 48.9 Å². The van der Waals surface area contributed by atoms with Crippen LogP contribution in [0.3, 0.4) is 0 Å². The van der Waals surface area contributed by atoms with Crippen LogP contribution in [0.1, 0.15) is 31.2 Å². The second-order valence-corrected chi connectivity index (χ2v) is 10.0. The number of amides is 2. The van der Waals surface area contributed by atoms with Gasteiger partial charge in [-0.05, 0) is 69.6 Å². The van der Waals surface area contributed by atoms with Gasteiger partial charge in [0.05, 0.1) is 30.4 Å². The van der Waals surface area contributed by atoms with Crippen LogP contribution in [0.5, 0.6) is 5.75 Å². The van der Waals surface area contributed by atoms with E-state index in [0.717, 1.165) is 17.8 Å². The third kappa shape index (κ3) is 4.19. The molecule has 2 amide bonds. The van der Waals surface area contributed by atoms with Crippen LogP contribution in [0.25, 0.3) is 0 Å². The molecule has 0 radical (unpaired) electrons. The van der Waals surface area contributed by atoms with E-state index >= 15 is 0 Å². The number of hydrogen-bond acceptors (Lipinski definition) is 4. The van der Waals surface area contributed by atoms with Crippen molar-refractivity contribution in [3.05, 3.63) is 54.0 Å². The fourth-order valence-corrected chi connectivity index (χ4v) is 5.41. The molecule has 2 heterocycles. The van der Waals surface area contributed by atoms with Gasteiger partial charge in [0.15, 0.2) is 0 Å². The SMILES string of the molecule is CN(C)[C@]1(c2cccc(F)c2)C[C@@]2(CN(c3ccc(OC(F)(F)F)cn3)C(=O)N2CC2(F)CC2)C1. The number of urea groups is 1. The van der Waals surface area contributed by atoms with Crippen LogP contribution in [-0.2, 0) is 5.54 Å². The summed E-state index contributed by atoms with van der Waals surface area (Å²) in [4.78, 5) is 22.4. The molecule has 0 N–H and O–H groups in total. The Kier molecular flexibility index (Phi) is 5.28. The van der Waals surface area contributed by atoms with Gasteiger partial charge in [0.25, 0.3) is 0 Å². The molecule has 1 spiro atoms. The number of aromatic nitrogens is 1. The van der Waals surface area contributed by atoms with E-state index < -0.39 is 34.9 Å². The van der Waals surface area contributed by atoms with Crippen molar-refractivity contribution in [1.29, 1.82) is 0 Å². The van der Waals surface area contributed by atoms with Crippen molar-refractivity contribution in [2.45, 2.75) is 48.8 Å². The van der Waals surface area contributed by atoms with Gasteiger partial charge in [-0.25, -0.2) is 18.6 Å². The zero-order chi connectivity index (χ0) is 25.2.